The van der Waals surface area contributed by atoms with Crippen molar-refractivity contribution in [3.05, 3.63) is 29.1 Å². The highest BCUT2D eigenvalue weighted by Gasteiger charge is 2.46. The Bertz CT molecular complexity index is 840. The van der Waals surface area contributed by atoms with E-state index in [1.165, 1.54) is 37.8 Å². The molecule has 204 valence electrons. The molecule has 1 aromatic rings. The topological polar surface area (TPSA) is 27.7 Å². The lowest BCUT2D eigenvalue weighted by Crippen LogP contribution is -2.41. The van der Waals surface area contributed by atoms with Gasteiger partial charge < -0.3 is 14.2 Å². The Morgan fingerprint density at radius 1 is 0.944 bits per heavy atom. The first-order valence-electron chi connectivity index (χ1n) is 13.6. The van der Waals surface area contributed by atoms with E-state index >= 15 is 8.78 Å². The van der Waals surface area contributed by atoms with E-state index in [0.29, 0.717) is 18.8 Å². The van der Waals surface area contributed by atoms with Crippen LogP contribution in [0.25, 0.3) is 0 Å². The van der Waals surface area contributed by atoms with Crippen LogP contribution in [0.3, 0.4) is 0 Å². The average Bonchev–Trinajstić information content (AvgIpc) is 2.85. The summed E-state index contributed by atoms with van der Waals surface area (Å²) in [4.78, 5) is 0. The zero-order valence-electron chi connectivity index (χ0n) is 21.3. The maximum absolute atomic E-state index is 15.0. The van der Waals surface area contributed by atoms with Crippen LogP contribution in [0.15, 0.2) is 12.1 Å². The molecule has 0 N–H and O–H groups in total. The lowest BCUT2D eigenvalue weighted by molar-refractivity contribution is -0.311. The lowest BCUT2D eigenvalue weighted by atomic mass is 9.71. The standard InChI is InChI=1S/C28H39F5O3/c1-3-34-24-15-13-22(26(29)25(24)27(30)31)23-14-10-20(16-35-23)28(32,33)36-21-11-8-19(9-12-21)18-6-4-17(2)5-7-18/h13,15,17-21,23,27H,3-12,14,16H2,1-2H3. The number of ether oxygens (including phenoxy) is 3. The van der Waals surface area contributed by atoms with Crippen LogP contribution in [-0.2, 0) is 9.47 Å². The van der Waals surface area contributed by atoms with Gasteiger partial charge in [0, 0.05) is 5.56 Å². The Hall–Kier alpha value is -1.41. The minimum Gasteiger partial charge on any atom is -0.493 e. The molecule has 1 aliphatic heterocycles. The second-order valence-electron chi connectivity index (χ2n) is 10.9. The van der Waals surface area contributed by atoms with Crippen LogP contribution in [-0.4, -0.2) is 25.4 Å². The molecule has 36 heavy (non-hydrogen) atoms. The van der Waals surface area contributed by atoms with Gasteiger partial charge in [0.25, 0.3) is 6.43 Å². The van der Waals surface area contributed by atoms with Crippen molar-refractivity contribution in [2.24, 2.45) is 23.7 Å². The molecule has 8 heteroatoms. The first-order valence-corrected chi connectivity index (χ1v) is 13.6. The summed E-state index contributed by atoms with van der Waals surface area (Å²) in [6.07, 6.45) is 0.653. The van der Waals surface area contributed by atoms with E-state index in [1.54, 1.807) is 6.92 Å². The predicted molar refractivity (Wildman–Crippen MR) is 127 cm³/mol. The fourth-order valence-corrected chi connectivity index (χ4v) is 6.34. The molecule has 0 radical (unpaired) electrons. The Kier molecular flexibility index (Phi) is 9.18. The highest BCUT2D eigenvalue weighted by molar-refractivity contribution is 5.40. The van der Waals surface area contributed by atoms with Crippen molar-refractivity contribution in [2.75, 3.05) is 13.2 Å². The zero-order chi connectivity index (χ0) is 25.9. The van der Waals surface area contributed by atoms with Gasteiger partial charge in [0.2, 0.25) is 0 Å². The van der Waals surface area contributed by atoms with Gasteiger partial charge in [-0.25, -0.2) is 13.2 Å². The molecule has 4 rings (SSSR count). The van der Waals surface area contributed by atoms with E-state index in [2.05, 4.69) is 6.92 Å². The Balaban J connectivity index is 1.29. The molecule has 2 aliphatic carbocycles. The Morgan fingerprint density at radius 3 is 2.14 bits per heavy atom. The largest absolute Gasteiger partial charge is 0.493 e. The van der Waals surface area contributed by atoms with Crippen molar-refractivity contribution in [1.82, 2.24) is 0 Å². The molecule has 0 bridgehead atoms. The van der Waals surface area contributed by atoms with Gasteiger partial charge in [0.15, 0.2) is 0 Å². The molecule has 2 atom stereocenters. The van der Waals surface area contributed by atoms with Crippen LogP contribution >= 0.6 is 0 Å². The number of hydrogen-bond donors (Lipinski definition) is 0. The zero-order valence-corrected chi connectivity index (χ0v) is 21.3. The third-order valence-corrected chi connectivity index (χ3v) is 8.56. The van der Waals surface area contributed by atoms with Gasteiger partial charge >= 0.3 is 6.11 Å². The highest BCUT2D eigenvalue weighted by atomic mass is 19.3. The summed E-state index contributed by atoms with van der Waals surface area (Å²) in [7, 11) is 0. The molecule has 2 saturated carbocycles. The fourth-order valence-electron chi connectivity index (χ4n) is 6.34. The van der Waals surface area contributed by atoms with E-state index in [-0.39, 0.29) is 37.4 Å². The molecule has 0 aromatic heterocycles. The van der Waals surface area contributed by atoms with Crippen molar-refractivity contribution in [3.8, 4) is 5.75 Å². The van der Waals surface area contributed by atoms with Gasteiger partial charge in [-0.3, -0.25) is 0 Å². The monoisotopic (exact) mass is 518 g/mol. The highest BCUT2D eigenvalue weighted by Crippen LogP contribution is 2.45. The van der Waals surface area contributed by atoms with E-state index in [0.717, 1.165) is 24.7 Å². The van der Waals surface area contributed by atoms with Crippen LogP contribution in [0, 0.1) is 29.5 Å². The quantitative estimate of drug-likeness (QED) is 0.323. The van der Waals surface area contributed by atoms with Crippen LogP contribution in [0.5, 0.6) is 5.75 Å². The summed E-state index contributed by atoms with van der Waals surface area (Å²) < 4.78 is 87.9. The van der Waals surface area contributed by atoms with Gasteiger partial charge in [0.05, 0.1) is 36.9 Å². The molecule has 0 amide bonds. The molecule has 3 nitrogen and oxygen atoms in total. The van der Waals surface area contributed by atoms with E-state index in [9.17, 15) is 13.2 Å². The third-order valence-electron chi connectivity index (χ3n) is 8.56. The molecule has 2 unspecified atom stereocenters. The van der Waals surface area contributed by atoms with Crippen molar-refractivity contribution >= 4 is 0 Å². The maximum atomic E-state index is 15.0. The van der Waals surface area contributed by atoms with Gasteiger partial charge in [0.1, 0.15) is 11.6 Å². The second kappa shape index (κ2) is 12.0. The minimum absolute atomic E-state index is 0.0492. The molecule has 1 heterocycles. The van der Waals surface area contributed by atoms with Crippen molar-refractivity contribution in [1.29, 1.82) is 0 Å². The second-order valence-corrected chi connectivity index (χ2v) is 10.9. The molecule has 0 spiro atoms. The van der Waals surface area contributed by atoms with Gasteiger partial charge in [-0.05, 0) is 88.2 Å². The van der Waals surface area contributed by atoms with Crippen LogP contribution in [0.1, 0.15) is 102 Å². The van der Waals surface area contributed by atoms with Gasteiger partial charge in [-0.1, -0.05) is 19.8 Å². The van der Waals surface area contributed by atoms with Gasteiger partial charge in [-0.15, -0.1) is 0 Å². The summed E-state index contributed by atoms with van der Waals surface area (Å²) in [6, 6.07) is 2.64. The minimum atomic E-state index is -3.34. The fraction of sp³-hybridized carbons (Fsp3) is 0.786. The number of benzene rings is 1. The number of alkyl halides is 4. The normalized spacial score (nSPS) is 32.0. The number of rotatable bonds is 8. The first-order chi connectivity index (χ1) is 17.2. The third kappa shape index (κ3) is 6.35. The van der Waals surface area contributed by atoms with Crippen molar-refractivity contribution in [3.63, 3.8) is 0 Å². The smallest absolute Gasteiger partial charge is 0.361 e. The van der Waals surface area contributed by atoms with Crippen LogP contribution in [0.4, 0.5) is 22.0 Å². The molecule has 3 fully saturated rings. The number of halogens is 5. The Labute approximate surface area is 211 Å². The summed E-state index contributed by atoms with van der Waals surface area (Å²) >= 11 is 0. The van der Waals surface area contributed by atoms with Crippen molar-refractivity contribution < 1.29 is 36.2 Å². The average molecular weight is 519 g/mol. The van der Waals surface area contributed by atoms with E-state index in [1.807, 2.05) is 0 Å². The first kappa shape index (κ1) is 27.6. The molecular formula is C28H39F5O3. The SMILES string of the molecule is CCOc1ccc(C2CCC(C(F)(F)OC3CCC(C4CCC(C)CC4)CC3)CO2)c(F)c1C(F)F. The van der Waals surface area contributed by atoms with E-state index in [4.69, 9.17) is 14.2 Å². The van der Waals surface area contributed by atoms with E-state index < -0.39 is 42.0 Å². The lowest BCUT2D eigenvalue weighted by Gasteiger charge is -2.39. The summed E-state index contributed by atoms with van der Waals surface area (Å²) in [5, 5.41) is 0. The summed E-state index contributed by atoms with van der Waals surface area (Å²) in [5.41, 5.74) is -0.862. The molecule has 3 aliphatic rings. The molecular weight excluding hydrogens is 479 g/mol. The molecule has 1 saturated heterocycles. The maximum Gasteiger partial charge on any atom is 0.361 e. The summed E-state index contributed by atoms with van der Waals surface area (Å²) in [6.45, 7) is 3.73. The van der Waals surface area contributed by atoms with Gasteiger partial charge in [-0.2, -0.15) is 8.78 Å². The van der Waals surface area contributed by atoms with Crippen LogP contribution in [0.2, 0.25) is 0 Å². The van der Waals surface area contributed by atoms with Crippen molar-refractivity contribution in [2.45, 2.75) is 103 Å². The Morgan fingerprint density at radius 2 is 1.58 bits per heavy atom. The molecule has 1 aromatic carbocycles. The summed E-state index contributed by atoms with van der Waals surface area (Å²) in [5.74, 6) is -0.311. The predicted octanol–water partition coefficient (Wildman–Crippen LogP) is 8.62. The number of hydrogen-bond acceptors (Lipinski definition) is 3. The van der Waals surface area contributed by atoms with Crippen LogP contribution < -0.4 is 4.74 Å².